The quantitative estimate of drug-likeness (QED) is 0.533. The summed E-state index contributed by atoms with van der Waals surface area (Å²) < 4.78 is 16.0. The van der Waals surface area contributed by atoms with E-state index < -0.39 is 0 Å². The monoisotopic (exact) mass is 326 g/mol. The van der Waals surface area contributed by atoms with Crippen LogP contribution < -0.4 is 14.2 Å². The minimum Gasteiger partial charge on any atom is -0.497 e. The summed E-state index contributed by atoms with van der Waals surface area (Å²) in [5, 5.41) is 0. The van der Waals surface area contributed by atoms with E-state index >= 15 is 0 Å². The van der Waals surface area contributed by atoms with E-state index in [1.54, 1.807) is 38.5 Å². The molecule has 0 saturated carbocycles. The fraction of sp³-hybridized carbons (Fsp3) is 0.250. The molecule has 0 spiro atoms. The molecule has 0 aliphatic carbocycles. The van der Waals surface area contributed by atoms with Crippen molar-refractivity contribution in [1.29, 1.82) is 0 Å². The number of benzene rings is 2. The van der Waals surface area contributed by atoms with Crippen molar-refractivity contribution >= 4 is 11.9 Å². The molecule has 0 heterocycles. The Balaban J connectivity index is 2.09. The summed E-state index contributed by atoms with van der Waals surface area (Å²) in [6.45, 7) is 2.72. The van der Waals surface area contributed by atoms with Gasteiger partial charge in [-0.15, -0.1) is 0 Å². The Bertz CT molecular complexity index is 680. The van der Waals surface area contributed by atoms with Gasteiger partial charge < -0.3 is 14.2 Å². The minimum absolute atomic E-state index is 0.0705. The van der Waals surface area contributed by atoms with E-state index in [1.807, 2.05) is 24.3 Å². The molecule has 24 heavy (non-hydrogen) atoms. The molecule has 0 aromatic heterocycles. The zero-order valence-electron chi connectivity index (χ0n) is 14.2. The highest BCUT2D eigenvalue weighted by Crippen LogP contribution is 2.23. The Morgan fingerprint density at radius 1 is 0.958 bits per heavy atom. The second kappa shape index (κ2) is 8.77. The largest absolute Gasteiger partial charge is 0.497 e. The van der Waals surface area contributed by atoms with Gasteiger partial charge in [-0.25, -0.2) is 0 Å². The molecule has 126 valence electrons. The van der Waals surface area contributed by atoms with Gasteiger partial charge in [0.15, 0.2) is 5.78 Å². The van der Waals surface area contributed by atoms with E-state index in [0.717, 1.165) is 17.7 Å². The van der Waals surface area contributed by atoms with Crippen molar-refractivity contribution in [1.82, 2.24) is 0 Å². The van der Waals surface area contributed by atoms with Crippen LogP contribution in [0.5, 0.6) is 17.2 Å². The maximum Gasteiger partial charge on any atom is 0.185 e. The molecule has 2 rings (SSSR count). The summed E-state index contributed by atoms with van der Waals surface area (Å²) in [5.41, 5.74) is 1.45. The van der Waals surface area contributed by atoms with Crippen molar-refractivity contribution in [2.45, 2.75) is 13.3 Å². The van der Waals surface area contributed by atoms with Gasteiger partial charge in [0.05, 0.1) is 20.8 Å². The zero-order valence-corrected chi connectivity index (χ0v) is 14.2. The molecule has 0 N–H and O–H groups in total. The number of methoxy groups -OCH3 is 2. The third-order valence-electron chi connectivity index (χ3n) is 3.41. The van der Waals surface area contributed by atoms with Crippen LogP contribution >= 0.6 is 0 Å². The highest BCUT2D eigenvalue weighted by Gasteiger charge is 2.04. The molecule has 0 bridgehead atoms. The normalized spacial score (nSPS) is 10.6. The van der Waals surface area contributed by atoms with Crippen LogP contribution in [0.3, 0.4) is 0 Å². The van der Waals surface area contributed by atoms with Gasteiger partial charge in [-0.3, -0.25) is 4.79 Å². The van der Waals surface area contributed by atoms with Crippen LogP contribution in [0.25, 0.3) is 6.08 Å². The number of rotatable bonds is 8. The average molecular weight is 326 g/mol. The van der Waals surface area contributed by atoms with E-state index in [4.69, 9.17) is 14.2 Å². The first-order valence-corrected chi connectivity index (χ1v) is 7.84. The second-order valence-electron chi connectivity index (χ2n) is 5.22. The van der Waals surface area contributed by atoms with Crippen LogP contribution in [-0.2, 0) is 0 Å². The molecule has 4 nitrogen and oxygen atoms in total. The number of carbonyl (C=O) groups excluding carboxylic acids is 1. The highest BCUT2D eigenvalue weighted by molar-refractivity contribution is 6.06. The SMILES string of the molecule is CCCOc1ccc(C(=O)/C=C/c2cc(OC)cc(OC)c2)cc1. The Hall–Kier alpha value is -2.75. The lowest BCUT2D eigenvalue weighted by Gasteiger charge is -2.06. The van der Waals surface area contributed by atoms with Crippen molar-refractivity contribution in [3.05, 3.63) is 59.7 Å². The predicted octanol–water partition coefficient (Wildman–Crippen LogP) is 4.39. The first-order valence-electron chi connectivity index (χ1n) is 7.84. The second-order valence-corrected chi connectivity index (χ2v) is 5.22. The predicted molar refractivity (Wildman–Crippen MR) is 95.1 cm³/mol. The van der Waals surface area contributed by atoms with Crippen LogP contribution in [0.1, 0.15) is 29.3 Å². The summed E-state index contributed by atoms with van der Waals surface area (Å²) >= 11 is 0. The fourth-order valence-corrected chi connectivity index (χ4v) is 2.13. The van der Waals surface area contributed by atoms with Gasteiger partial charge in [-0.1, -0.05) is 13.0 Å². The van der Waals surface area contributed by atoms with Crippen LogP contribution in [0.4, 0.5) is 0 Å². The molecule has 0 atom stereocenters. The summed E-state index contributed by atoms with van der Waals surface area (Å²) in [6.07, 6.45) is 4.23. The molecule has 0 amide bonds. The minimum atomic E-state index is -0.0705. The molecule has 0 radical (unpaired) electrons. The molecule has 2 aromatic rings. The van der Waals surface area contributed by atoms with Gasteiger partial charge in [0.2, 0.25) is 0 Å². The molecule has 4 heteroatoms. The third kappa shape index (κ3) is 4.88. The van der Waals surface area contributed by atoms with Crippen molar-refractivity contribution in [2.75, 3.05) is 20.8 Å². The van der Waals surface area contributed by atoms with Crippen LogP contribution in [0.15, 0.2) is 48.5 Å². The number of hydrogen-bond donors (Lipinski definition) is 0. The number of ketones is 1. The van der Waals surface area contributed by atoms with E-state index in [0.29, 0.717) is 23.7 Å². The lowest BCUT2D eigenvalue weighted by atomic mass is 10.1. The van der Waals surface area contributed by atoms with Crippen LogP contribution in [-0.4, -0.2) is 26.6 Å². The number of allylic oxidation sites excluding steroid dienone is 1. The van der Waals surface area contributed by atoms with Crippen molar-refractivity contribution < 1.29 is 19.0 Å². The summed E-state index contributed by atoms with van der Waals surface area (Å²) in [7, 11) is 3.19. The van der Waals surface area contributed by atoms with Gasteiger partial charge >= 0.3 is 0 Å². The Morgan fingerprint density at radius 2 is 1.58 bits per heavy atom. The lowest BCUT2D eigenvalue weighted by Crippen LogP contribution is -1.97. The average Bonchev–Trinajstić information content (AvgIpc) is 2.64. The molecule has 0 aliphatic heterocycles. The van der Waals surface area contributed by atoms with Crippen LogP contribution in [0, 0.1) is 0 Å². The molecule has 0 unspecified atom stereocenters. The Morgan fingerprint density at radius 3 is 2.12 bits per heavy atom. The first kappa shape index (κ1) is 17.6. The summed E-state index contributed by atoms with van der Waals surface area (Å²) in [4.78, 5) is 12.3. The number of ether oxygens (including phenoxy) is 3. The smallest absolute Gasteiger partial charge is 0.185 e. The van der Waals surface area contributed by atoms with Crippen molar-refractivity contribution in [2.24, 2.45) is 0 Å². The molecule has 0 saturated heterocycles. The van der Waals surface area contributed by atoms with Gasteiger partial charge in [0.25, 0.3) is 0 Å². The standard InChI is InChI=1S/C20H22O4/c1-4-11-24-17-8-6-16(7-9-17)20(21)10-5-15-12-18(22-2)14-19(13-15)23-3/h5-10,12-14H,4,11H2,1-3H3/b10-5+. The highest BCUT2D eigenvalue weighted by atomic mass is 16.5. The first-order chi connectivity index (χ1) is 11.7. The fourth-order valence-electron chi connectivity index (χ4n) is 2.13. The number of carbonyl (C=O) groups is 1. The summed E-state index contributed by atoms with van der Waals surface area (Å²) in [5.74, 6) is 2.06. The molecular formula is C20H22O4. The van der Waals surface area contributed by atoms with E-state index in [9.17, 15) is 4.79 Å². The van der Waals surface area contributed by atoms with Gasteiger partial charge in [0.1, 0.15) is 17.2 Å². The lowest BCUT2D eigenvalue weighted by molar-refractivity contribution is 0.104. The third-order valence-corrected chi connectivity index (χ3v) is 3.41. The topological polar surface area (TPSA) is 44.8 Å². The number of hydrogen-bond acceptors (Lipinski definition) is 4. The summed E-state index contributed by atoms with van der Waals surface area (Å²) in [6, 6.07) is 12.6. The van der Waals surface area contributed by atoms with E-state index in [-0.39, 0.29) is 5.78 Å². The molecule has 2 aromatic carbocycles. The Labute approximate surface area is 142 Å². The van der Waals surface area contributed by atoms with Crippen molar-refractivity contribution in [3.8, 4) is 17.2 Å². The van der Waals surface area contributed by atoms with Gasteiger partial charge in [-0.05, 0) is 54.5 Å². The molecule has 0 aliphatic rings. The van der Waals surface area contributed by atoms with Gasteiger partial charge in [0, 0.05) is 11.6 Å². The van der Waals surface area contributed by atoms with Crippen LogP contribution in [0.2, 0.25) is 0 Å². The molecular weight excluding hydrogens is 304 g/mol. The Kier molecular flexibility index (Phi) is 6.43. The zero-order chi connectivity index (χ0) is 17.4. The molecule has 0 fully saturated rings. The van der Waals surface area contributed by atoms with E-state index in [1.165, 1.54) is 6.08 Å². The maximum absolute atomic E-state index is 12.3. The van der Waals surface area contributed by atoms with Crippen molar-refractivity contribution in [3.63, 3.8) is 0 Å². The van der Waals surface area contributed by atoms with Gasteiger partial charge in [-0.2, -0.15) is 0 Å². The van der Waals surface area contributed by atoms with E-state index in [2.05, 4.69) is 6.92 Å². The maximum atomic E-state index is 12.3.